The molecular weight excluding hydrogens is 314 g/mol. The van der Waals surface area contributed by atoms with Gasteiger partial charge in [-0.1, -0.05) is 6.92 Å². The van der Waals surface area contributed by atoms with Crippen molar-refractivity contribution in [3.63, 3.8) is 0 Å². The molecule has 1 unspecified atom stereocenters. The van der Waals surface area contributed by atoms with Gasteiger partial charge in [-0.3, -0.25) is 14.9 Å². The van der Waals surface area contributed by atoms with E-state index in [9.17, 15) is 14.9 Å². The molecule has 6 nitrogen and oxygen atoms in total. The number of non-ortho nitro benzene ring substituents is 1. The molecule has 0 spiro atoms. The van der Waals surface area contributed by atoms with E-state index in [1.165, 1.54) is 12.1 Å². The average molecular weight is 330 g/mol. The van der Waals surface area contributed by atoms with Crippen molar-refractivity contribution in [2.45, 2.75) is 26.3 Å². The van der Waals surface area contributed by atoms with Crippen molar-refractivity contribution in [1.82, 2.24) is 5.32 Å². The van der Waals surface area contributed by atoms with Crippen LogP contribution in [0.4, 0.5) is 11.4 Å². The molecule has 0 aromatic heterocycles. The van der Waals surface area contributed by atoms with Gasteiger partial charge in [0.2, 0.25) is 5.91 Å². The van der Waals surface area contributed by atoms with Crippen LogP contribution in [0.3, 0.4) is 0 Å². The Bertz CT molecular complexity index is 479. The van der Waals surface area contributed by atoms with Gasteiger partial charge in [0.15, 0.2) is 0 Å². The average Bonchev–Trinajstić information content (AvgIpc) is 2.37. The van der Waals surface area contributed by atoms with Gasteiger partial charge < -0.3 is 10.6 Å². The zero-order valence-electron chi connectivity index (χ0n) is 10.8. The lowest BCUT2D eigenvalue weighted by Crippen LogP contribution is -2.37. The van der Waals surface area contributed by atoms with Crippen LogP contribution in [0.15, 0.2) is 22.7 Å². The predicted octanol–water partition coefficient (Wildman–Crippen LogP) is 2.68. The summed E-state index contributed by atoms with van der Waals surface area (Å²) in [6, 6.07) is 3.96. The maximum Gasteiger partial charge on any atom is 0.270 e. The minimum absolute atomic E-state index is 0.000475. The Morgan fingerprint density at radius 1 is 1.53 bits per heavy atom. The van der Waals surface area contributed by atoms with E-state index in [0.717, 1.165) is 6.42 Å². The van der Waals surface area contributed by atoms with Crippen molar-refractivity contribution in [1.29, 1.82) is 0 Å². The van der Waals surface area contributed by atoms with E-state index in [1.807, 2.05) is 6.92 Å². The number of amides is 1. The molecule has 1 amide bonds. The Morgan fingerprint density at radius 2 is 2.21 bits per heavy atom. The van der Waals surface area contributed by atoms with Crippen LogP contribution in [0, 0.1) is 10.1 Å². The van der Waals surface area contributed by atoms with Crippen LogP contribution in [-0.4, -0.2) is 23.4 Å². The Hall–Kier alpha value is -1.63. The van der Waals surface area contributed by atoms with Gasteiger partial charge in [-0.15, -0.1) is 0 Å². The van der Waals surface area contributed by atoms with Crippen molar-refractivity contribution in [2.75, 3.05) is 11.9 Å². The summed E-state index contributed by atoms with van der Waals surface area (Å²) >= 11 is 3.25. The second-order valence-electron chi connectivity index (χ2n) is 4.08. The Balaban J connectivity index is 2.71. The van der Waals surface area contributed by atoms with Crippen LogP contribution in [0.25, 0.3) is 0 Å². The lowest BCUT2D eigenvalue weighted by atomic mass is 10.2. The molecule has 0 saturated heterocycles. The first-order valence-electron chi connectivity index (χ1n) is 5.94. The number of anilines is 1. The fourth-order valence-electron chi connectivity index (χ4n) is 1.43. The number of nitrogens with zero attached hydrogens (tertiary/aromatic N) is 1. The summed E-state index contributed by atoms with van der Waals surface area (Å²) in [5.41, 5.74) is 0.644. The zero-order chi connectivity index (χ0) is 14.4. The second-order valence-corrected chi connectivity index (χ2v) is 4.93. The van der Waals surface area contributed by atoms with Gasteiger partial charge in [-0.05, 0) is 35.3 Å². The van der Waals surface area contributed by atoms with Crippen molar-refractivity contribution in [3.05, 3.63) is 32.8 Å². The normalized spacial score (nSPS) is 11.7. The molecule has 19 heavy (non-hydrogen) atoms. The summed E-state index contributed by atoms with van der Waals surface area (Å²) < 4.78 is 0.553. The summed E-state index contributed by atoms with van der Waals surface area (Å²) in [5, 5.41) is 16.4. The summed E-state index contributed by atoms with van der Waals surface area (Å²) in [6.45, 7) is 4.34. The SMILES string of the molecule is CCCNC(=O)C(C)Nc1ccc([N+](=O)[O-])cc1Br. The molecule has 0 aliphatic rings. The highest BCUT2D eigenvalue weighted by Crippen LogP contribution is 2.27. The fraction of sp³-hybridized carbons (Fsp3) is 0.417. The smallest absolute Gasteiger partial charge is 0.270 e. The molecule has 1 aromatic rings. The maximum atomic E-state index is 11.7. The highest BCUT2D eigenvalue weighted by atomic mass is 79.9. The van der Waals surface area contributed by atoms with Gasteiger partial charge in [0.25, 0.3) is 5.69 Å². The number of halogens is 1. The lowest BCUT2D eigenvalue weighted by Gasteiger charge is -2.16. The molecule has 7 heteroatoms. The molecule has 0 bridgehead atoms. The van der Waals surface area contributed by atoms with Crippen molar-refractivity contribution in [2.24, 2.45) is 0 Å². The van der Waals surface area contributed by atoms with E-state index in [2.05, 4.69) is 26.6 Å². The van der Waals surface area contributed by atoms with Crippen LogP contribution >= 0.6 is 15.9 Å². The molecule has 0 heterocycles. The third-order valence-corrected chi connectivity index (χ3v) is 3.13. The maximum absolute atomic E-state index is 11.7. The third-order valence-electron chi connectivity index (χ3n) is 2.48. The number of carbonyl (C=O) groups is 1. The number of benzene rings is 1. The van der Waals surface area contributed by atoms with E-state index >= 15 is 0 Å². The molecule has 0 aliphatic carbocycles. The minimum atomic E-state index is -0.466. The molecule has 1 atom stereocenters. The van der Waals surface area contributed by atoms with Crippen LogP contribution < -0.4 is 10.6 Å². The molecular formula is C12H16BrN3O3. The van der Waals surface area contributed by atoms with Gasteiger partial charge >= 0.3 is 0 Å². The van der Waals surface area contributed by atoms with Crippen LogP contribution in [-0.2, 0) is 4.79 Å². The van der Waals surface area contributed by atoms with Crippen LogP contribution in [0.1, 0.15) is 20.3 Å². The number of nitro groups is 1. The molecule has 2 N–H and O–H groups in total. The summed E-state index contributed by atoms with van der Waals surface area (Å²) in [6.07, 6.45) is 0.875. The Labute approximate surface area is 119 Å². The van der Waals surface area contributed by atoms with E-state index in [1.54, 1.807) is 13.0 Å². The molecule has 0 radical (unpaired) electrons. The fourth-order valence-corrected chi connectivity index (χ4v) is 1.92. The standard InChI is InChI=1S/C12H16BrN3O3/c1-3-6-14-12(17)8(2)15-11-5-4-9(16(18)19)7-10(11)13/h4-5,7-8,15H,3,6H2,1-2H3,(H,14,17). The molecule has 0 aliphatic heterocycles. The molecule has 1 rings (SSSR count). The van der Waals surface area contributed by atoms with Crippen molar-refractivity contribution < 1.29 is 9.72 Å². The largest absolute Gasteiger partial charge is 0.373 e. The van der Waals surface area contributed by atoms with Crippen molar-refractivity contribution in [3.8, 4) is 0 Å². The first kappa shape index (κ1) is 15.4. The number of hydrogen-bond acceptors (Lipinski definition) is 4. The summed E-state index contributed by atoms with van der Waals surface area (Å²) in [4.78, 5) is 21.8. The van der Waals surface area contributed by atoms with Gasteiger partial charge in [0.05, 0.1) is 4.92 Å². The first-order valence-corrected chi connectivity index (χ1v) is 6.73. The molecule has 1 aromatic carbocycles. The number of rotatable bonds is 6. The lowest BCUT2D eigenvalue weighted by molar-refractivity contribution is -0.384. The third kappa shape index (κ3) is 4.51. The van der Waals surface area contributed by atoms with E-state index in [0.29, 0.717) is 16.7 Å². The Morgan fingerprint density at radius 3 is 2.74 bits per heavy atom. The molecule has 104 valence electrons. The predicted molar refractivity (Wildman–Crippen MR) is 77.2 cm³/mol. The number of carbonyl (C=O) groups excluding carboxylic acids is 1. The molecule has 0 fully saturated rings. The zero-order valence-corrected chi connectivity index (χ0v) is 12.4. The quantitative estimate of drug-likeness (QED) is 0.620. The Kier molecular flexibility index (Phi) is 5.75. The molecule has 0 saturated carbocycles. The number of hydrogen-bond donors (Lipinski definition) is 2. The van der Waals surface area contributed by atoms with Gasteiger partial charge in [0.1, 0.15) is 6.04 Å². The highest BCUT2D eigenvalue weighted by Gasteiger charge is 2.15. The number of nitro benzene ring substituents is 1. The summed E-state index contributed by atoms with van der Waals surface area (Å²) in [7, 11) is 0. The minimum Gasteiger partial charge on any atom is -0.373 e. The first-order chi connectivity index (χ1) is 8.95. The second kappa shape index (κ2) is 7.08. The topological polar surface area (TPSA) is 84.3 Å². The summed E-state index contributed by atoms with van der Waals surface area (Å²) in [5.74, 6) is -0.105. The van der Waals surface area contributed by atoms with Gasteiger partial charge in [-0.2, -0.15) is 0 Å². The van der Waals surface area contributed by atoms with E-state index in [4.69, 9.17) is 0 Å². The van der Waals surface area contributed by atoms with Crippen LogP contribution in [0.2, 0.25) is 0 Å². The number of nitrogens with one attached hydrogen (secondary N) is 2. The monoisotopic (exact) mass is 329 g/mol. The van der Waals surface area contributed by atoms with Gasteiger partial charge in [-0.25, -0.2) is 0 Å². The van der Waals surface area contributed by atoms with E-state index in [-0.39, 0.29) is 11.6 Å². The van der Waals surface area contributed by atoms with Crippen molar-refractivity contribution >= 4 is 33.2 Å². The highest BCUT2D eigenvalue weighted by molar-refractivity contribution is 9.10. The van der Waals surface area contributed by atoms with E-state index < -0.39 is 11.0 Å². The van der Waals surface area contributed by atoms with Gasteiger partial charge in [0, 0.05) is 28.8 Å². The van der Waals surface area contributed by atoms with Crippen LogP contribution in [0.5, 0.6) is 0 Å².